The fourth-order valence-electron chi connectivity index (χ4n) is 1.25. The summed E-state index contributed by atoms with van der Waals surface area (Å²) >= 11 is 0.944. The molecule has 16 heavy (non-hydrogen) atoms. The maximum Gasteiger partial charge on any atom is 0.345 e. The van der Waals surface area contributed by atoms with Gasteiger partial charge in [0.25, 0.3) is 0 Å². The van der Waals surface area contributed by atoms with Crippen molar-refractivity contribution in [3.05, 3.63) is 45.5 Å². The minimum atomic E-state index is -1.03. The van der Waals surface area contributed by atoms with Gasteiger partial charge in [-0.3, -0.25) is 4.79 Å². The maximum absolute atomic E-state index is 11.8. The molecule has 0 unspecified atom stereocenters. The lowest BCUT2D eigenvalue weighted by Crippen LogP contribution is -1.95. The van der Waals surface area contributed by atoms with Crippen LogP contribution in [0.4, 0.5) is 0 Å². The van der Waals surface area contributed by atoms with E-state index in [1.54, 1.807) is 19.1 Å². The summed E-state index contributed by atoms with van der Waals surface area (Å²) < 4.78 is 5.18. The highest BCUT2D eigenvalue weighted by atomic mass is 32.1. The Morgan fingerprint density at radius 1 is 1.19 bits per heavy atom. The van der Waals surface area contributed by atoms with Crippen LogP contribution >= 0.6 is 11.3 Å². The molecular formula is C11H8O4S. The third-order valence-electron chi connectivity index (χ3n) is 2.00. The van der Waals surface area contributed by atoms with Gasteiger partial charge < -0.3 is 9.52 Å². The summed E-state index contributed by atoms with van der Waals surface area (Å²) in [4.78, 5) is 23.0. The minimum absolute atomic E-state index is 0.145. The zero-order chi connectivity index (χ0) is 11.7. The number of aryl methyl sites for hydroxylation is 1. The molecular weight excluding hydrogens is 228 g/mol. The van der Waals surface area contributed by atoms with Crippen LogP contribution in [0.2, 0.25) is 0 Å². The van der Waals surface area contributed by atoms with E-state index < -0.39 is 5.97 Å². The number of ketones is 1. The molecule has 2 aromatic rings. The molecule has 0 aliphatic heterocycles. The Hall–Kier alpha value is -1.88. The number of carboxylic acids is 1. The van der Waals surface area contributed by atoms with Crippen molar-refractivity contribution in [2.45, 2.75) is 6.92 Å². The highest BCUT2D eigenvalue weighted by Gasteiger charge is 2.17. The fraction of sp³-hybridized carbons (Fsp3) is 0.0909. The van der Waals surface area contributed by atoms with E-state index >= 15 is 0 Å². The number of furan rings is 1. The summed E-state index contributed by atoms with van der Waals surface area (Å²) in [6.07, 6.45) is 0. The molecule has 5 heteroatoms. The Balaban J connectivity index is 2.30. The van der Waals surface area contributed by atoms with E-state index in [9.17, 15) is 9.59 Å². The van der Waals surface area contributed by atoms with E-state index in [0.717, 1.165) is 11.3 Å². The van der Waals surface area contributed by atoms with Crippen molar-refractivity contribution in [2.24, 2.45) is 0 Å². The van der Waals surface area contributed by atoms with Crippen molar-refractivity contribution in [3.8, 4) is 0 Å². The van der Waals surface area contributed by atoms with Crippen LogP contribution in [-0.4, -0.2) is 16.9 Å². The Morgan fingerprint density at radius 3 is 2.38 bits per heavy atom. The number of hydrogen-bond donors (Lipinski definition) is 1. The number of rotatable bonds is 3. The number of carboxylic acid groups (broad SMARTS) is 1. The molecule has 0 amide bonds. The smallest absolute Gasteiger partial charge is 0.345 e. The van der Waals surface area contributed by atoms with Crippen LogP contribution in [0.15, 0.2) is 28.7 Å². The van der Waals surface area contributed by atoms with Gasteiger partial charge in [-0.25, -0.2) is 4.79 Å². The average Bonchev–Trinajstić information content (AvgIpc) is 2.84. The van der Waals surface area contributed by atoms with E-state index in [1.807, 2.05) is 0 Å². The van der Waals surface area contributed by atoms with Gasteiger partial charge in [0.15, 0.2) is 5.76 Å². The van der Waals surface area contributed by atoms with Gasteiger partial charge in [0.2, 0.25) is 5.78 Å². The SMILES string of the molecule is Cc1ccc(C(=O)c2ccc(C(=O)O)s2)o1. The van der Waals surface area contributed by atoms with Crippen LogP contribution in [0.25, 0.3) is 0 Å². The molecule has 4 nitrogen and oxygen atoms in total. The molecule has 0 atom stereocenters. The maximum atomic E-state index is 11.8. The van der Waals surface area contributed by atoms with Gasteiger partial charge in [0, 0.05) is 0 Å². The van der Waals surface area contributed by atoms with Crippen LogP contribution in [-0.2, 0) is 0 Å². The van der Waals surface area contributed by atoms with Crippen LogP contribution in [0.5, 0.6) is 0 Å². The standard InChI is InChI=1S/C11H8O4S/c1-6-2-3-7(15-6)10(12)8-4-5-9(16-8)11(13)14/h2-5H,1H3,(H,13,14). The van der Waals surface area contributed by atoms with Gasteiger partial charge in [-0.2, -0.15) is 0 Å². The van der Waals surface area contributed by atoms with Crippen LogP contribution in [0.3, 0.4) is 0 Å². The zero-order valence-electron chi connectivity index (χ0n) is 8.39. The molecule has 0 radical (unpaired) electrons. The quantitative estimate of drug-likeness (QED) is 0.831. The number of aromatic carboxylic acids is 1. The molecule has 2 rings (SSSR count). The Kier molecular flexibility index (Phi) is 2.62. The molecule has 0 aliphatic carbocycles. The van der Waals surface area contributed by atoms with Gasteiger partial charge in [0.1, 0.15) is 10.6 Å². The normalized spacial score (nSPS) is 10.3. The van der Waals surface area contributed by atoms with E-state index in [4.69, 9.17) is 9.52 Å². The lowest BCUT2D eigenvalue weighted by atomic mass is 10.2. The second-order valence-electron chi connectivity index (χ2n) is 3.21. The topological polar surface area (TPSA) is 67.5 Å². The largest absolute Gasteiger partial charge is 0.477 e. The molecule has 0 saturated carbocycles. The summed E-state index contributed by atoms with van der Waals surface area (Å²) in [5, 5.41) is 8.73. The average molecular weight is 236 g/mol. The molecule has 2 aromatic heterocycles. The van der Waals surface area contributed by atoms with Gasteiger partial charge in [-0.15, -0.1) is 11.3 Å². The Bertz CT molecular complexity index is 550. The summed E-state index contributed by atoms with van der Waals surface area (Å²) in [6, 6.07) is 6.18. The summed E-state index contributed by atoms with van der Waals surface area (Å²) in [7, 11) is 0. The molecule has 2 heterocycles. The third-order valence-corrected chi connectivity index (χ3v) is 3.08. The summed E-state index contributed by atoms with van der Waals surface area (Å²) in [5.74, 6) is -0.431. The van der Waals surface area contributed by atoms with Crippen molar-refractivity contribution in [3.63, 3.8) is 0 Å². The van der Waals surface area contributed by atoms with Crippen LogP contribution in [0.1, 0.15) is 30.9 Å². The van der Waals surface area contributed by atoms with Crippen molar-refractivity contribution in [1.82, 2.24) is 0 Å². The van der Waals surface area contributed by atoms with Gasteiger partial charge in [-0.1, -0.05) is 0 Å². The highest BCUT2D eigenvalue weighted by Crippen LogP contribution is 2.21. The second-order valence-corrected chi connectivity index (χ2v) is 4.29. The number of thiophene rings is 1. The second kappa shape index (κ2) is 3.94. The van der Waals surface area contributed by atoms with E-state index in [-0.39, 0.29) is 16.4 Å². The number of carbonyl (C=O) groups is 2. The highest BCUT2D eigenvalue weighted by molar-refractivity contribution is 7.16. The fourth-order valence-corrected chi connectivity index (χ4v) is 2.04. The van der Waals surface area contributed by atoms with Gasteiger partial charge in [-0.05, 0) is 31.2 Å². The molecule has 0 fully saturated rings. The first-order valence-electron chi connectivity index (χ1n) is 4.52. The predicted octanol–water partition coefficient (Wildman–Crippen LogP) is 2.58. The molecule has 0 spiro atoms. The van der Waals surface area contributed by atoms with Crippen LogP contribution < -0.4 is 0 Å². The molecule has 1 N–H and O–H groups in total. The molecule has 0 aromatic carbocycles. The number of hydrogen-bond acceptors (Lipinski definition) is 4. The van der Waals surface area contributed by atoms with Crippen molar-refractivity contribution >= 4 is 23.1 Å². The first-order valence-corrected chi connectivity index (χ1v) is 5.34. The van der Waals surface area contributed by atoms with E-state index in [2.05, 4.69) is 0 Å². The van der Waals surface area contributed by atoms with E-state index in [0.29, 0.717) is 10.6 Å². The molecule has 0 bridgehead atoms. The predicted molar refractivity (Wildman–Crippen MR) is 58.2 cm³/mol. The Morgan fingerprint density at radius 2 is 1.88 bits per heavy atom. The molecule has 0 aliphatic rings. The van der Waals surface area contributed by atoms with Crippen molar-refractivity contribution in [2.75, 3.05) is 0 Å². The summed E-state index contributed by atoms with van der Waals surface area (Å²) in [6.45, 7) is 1.74. The summed E-state index contributed by atoms with van der Waals surface area (Å²) in [5.41, 5.74) is 0. The third kappa shape index (κ3) is 1.90. The van der Waals surface area contributed by atoms with Crippen LogP contribution in [0, 0.1) is 6.92 Å². The Labute approximate surface area is 95.1 Å². The molecule has 82 valence electrons. The lowest BCUT2D eigenvalue weighted by molar-refractivity contribution is 0.0702. The molecule has 0 saturated heterocycles. The first-order chi connectivity index (χ1) is 7.58. The lowest BCUT2D eigenvalue weighted by Gasteiger charge is -1.91. The van der Waals surface area contributed by atoms with Gasteiger partial charge in [0.05, 0.1) is 4.88 Å². The van der Waals surface area contributed by atoms with Crippen molar-refractivity contribution in [1.29, 1.82) is 0 Å². The monoisotopic (exact) mass is 236 g/mol. The minimum Gasteiger partial charge on any atom is -0.477 e. The van der Waals surface area contributed by atoms with Crippen molar-refractivity contribution < 1.29 is 19.1 Å². The zero-order valence-corrected chi connectivity index (χ0v) is 9.21. The number of carbonyl (C=O) groups excluding carboxylic acids is 1. The van der Waals surface area contributed by atoms with E-state index in [1.165, 1.54) is 12.1 Å². The first kappa shape index (κ1) is 10.6. The van der Waals surface area contributed by atoms with Gasteiger partial charge >= 0.3 is 5.97 Å².